The van der Waals surface area contributed by atoms with Crippen molar-refractivity contribution in [3.8, 4) is 5.75 Å². The lowest BCUT2D eigenvalue weighted by Crippen LogP contribution is -2.57. The smallest absolute Gasteiger partial charge is 0.269 e. The van der Waals surface area contributed by atoms with E-state index in [-0.39, 0.29) is 12.0 Å². The topological polar surface area (TPSA) is 102 Å². The summed E-state index contributed by atoms with van der Waals surface area (Å²) in [5.41, 5.74) is 4.15. The number of hydrogen-bond donors (Lipinski definition) is 1. The third-order valence-corrected chi connectivity index (χ3v) is 7.42. The Morgan fingerprint density at radius 1 is 1.06 bits per heavy atom. The van der Waals surface area contributed by atoms with E-state index >= 15 is 0 Å². The molecule has 35 heavy (non-hydrogen) atoms. The zero-order valence-electron chi connectivity index (χ0n) is 19.9. The van der Waals surface area contributed by atoms with E-state index in [0.717, 1.165) is 73.4 Å². The number of piperidine rings is 1. The van der Waals surface area contributed by atoms with Crippen LogP contribution in [-0.2, 0) is 11.2 Å². The van der Waals surface area contributed by atoms with Gasteiger partial charge in [0.15, 0.2) is 0 Å². The summed E-state index contributed by atoms with van der Waals surface area (Å²) in [6.07, 6.45) is 11.9. The number of nitrogens with zero attached hydrogens (tertiary/aromatic N) is 5. The van der Waals surface area contributed by atoms with Crippen LogP contribution in [0.4, 0.5) is 5.69 Å². The van der Waals surface area contributed by atoms with Gasteiger partial charge in [0.1, 0.15) is 23.3 Å². The molecule has 3 aliphatic heterocycles. The second-order valence-electron chi connectivity index (χ2n) is 9.83. The van der Waals surface area contributed by atoms with Crippen molar-refractivity contribution in [1.29, 1.82) is 0 Å². The van der Waals surface area contributed by atoms with Crippen molar-refractivity contribution in [3.05, 3.63) is 48.3 Å². The van der Waals surface area contributed by atoms with Crippen LogP contribution in [0, 0.1) is 5.92 Å². The van der Waals surface area contributed by atoms with E-state index in [1.54, 1.807) is 25.5 Å². The highest BCUT2D eigenvalue weighted by atomic mass is 16.5. The van der Waals surface area contributed by atoms with E-state index in [2.05, 4.69) is 42.3 Å². The average Bonchev–Trinajstić information content (AvgIpc) is 2.89. The Hall–Kier alpha value is -3.33. The maximum Gasteiger partial charge on any atom is 0.269 e. The van der Waals surface area contributed by atoms with E-state index < -0.39 is 0 Å². The van der Waals surface area contributed by atoms with Gasteiger partial charge in [0.2, 0.25) is 0 Å². The van der Waals surface area contributed by atoms with E-state index in [4.69, 9.17) is 9.47 Å². The molecule has 4 fully saturated rings. The first kappa shape index (κ1) is 22.2. The van der Waals surface area contributed by atoms with Crippen molar-refractivity contribution in [2.45, 2.75) is 56.8 Å². The van der Waals surface area contributed by atoms with E-state index in [0.29, 0.717) is 23.8 Å². The van der Waals surface area contributed by atoms with Gasteiger partial charge in [-0.2, -0.15) is 0 Å². The average molecular weight is 475 g/mol. The molecule has 0 radical (unpaired) electrons. The van der Waals surface area contributed by atoms with Crippen LogP contribution in [0.25, 0.3) is 11.0 Å². The molecule has 1 N–H and O–H groups in total. The number of benzene rings is 1. The van der Waals surface area contributed by atoms with Crippen LogP contribution < -0.4 is 15.0 Å². The molecule has 1 saturated carbocycles. The number of hydrogen-bond acceptors (Lipinski definition) is 8. The molecular weight excluding hydrogens is 444 g/mol. The normalized spacial score (nSPS) is 25.7. The zero-order valence-corrected chi connectivity index (χ0v) is 19.9. The first-order valence-corrected chi connectivity index (χ1v) is 12.5. The fourth-order valence-electron chi connectivity index (χ4n) is 5.56. The number of morpholine rings is 1. The molecule has 4 aliphatic rings. The van der Waals surface area contributed by atoms with Crippen LogP contribution in [-0.4, -0.2) is 64.3 Å². The van der Waals surface area contributed by atoms with Crippen LogP contribution in [0.3, 0.4) is 0 Å². The van der Waals surface area contributed by atoms with Crippen molar-refractivity contribution in [1.82, 2.24) is 25.3 Å². The molecule has 1 aliphatic carbocycles. The molecule has 0 spiro atoms. The number of anilines is 1. The molecule has 9 nitrogen and oxygen atoms in total. The second-order valence-corrected chi connectivity index (χ2v) is 9.83. The minimum Gasteiger partial charge on any atom is -0.488 e. The Morgan fingerprint density at radius 3 is 2.60 bits per heavy atom. The van der Waals surface area contributed by atoms with Crippen LogP contribution >= 0.6 is 0 Å². The summed E-state index contributed by atoms with van der Waals surface area (Å²) in [5.74, 6) is 1.16. The quantitative estimate of drug-likeness (QED) is 0.582. The zero-order chi connectivity index (χ0) is 23.8. The standard InChI is InChI=1S/C26H30N6O3/c1-27-26(33)23-9-17(30-15-31-23)8-16-2-4-19(5-3-16)35-24-11-18(10-22-25(24)29-7-6-28-22)32-13-20-12-21(14-32)34-20/h6-7,9-11,15-16,19-21H,2-5,8,12-14H2,1H3,(H,27,33). The minimum atomic E-state index is -0.183. The Morgan fingerprint density at radius 2 is 1.83 bits per heavy atom. The minimum absolute atomic E-state index is 0.150. The van der Waals surface area contributed by atoms with Gasteiger partial charge in [-0.3, -0.25) is 9.78 Å². The monoisotopic (exact) mass is 474 g/mol. The van der Waals surface area contributed by atoms with Gasteiger partial charge in [-0.15, -0.1) is 0 Å². The molecule has 3 saturated heterocycles. The Labute approximate surface area is 204 Å². The molecule has 2 bridgehead atoms. The van der Waals surface area contributed by atoms with Crippen LogP contribution in [0.1, 0.15) is 48.3 Å². The van der Waals surface area contributed by atoms with E-state index in [1.165, 1.54) is 12.7 Å². The molecule has 3 aromatic rings. The lowest BCUT2D eigenvalue weighted by molar-refractivity contribution is -0.133. The van der Waals surface area contributed by atoms with E-state index in [1.807, 2.05) is 0 Å². The van der Waals surface area contributed by atoms with Crippen LogP contribution in [0.2, 0.25) is 0 Å². The van der Waals surface area contributed by atoms with Gasteiger partial charge in [-0.05, 0) is 50.2 Å². The Bertz CT molecular complexity index is 1210. The summed E-state index contributed by atoms with van der Waals surface area (Å²) < 4.78 is 12.4. The molecule has 2 unspecified atom stereocenters. The lowest BCUT2D eigenvalue weighted by Gasteiger charge is -2.48. The van der Waals surface area contributed by atoms with Gasteiger partial charge >= 0.3 is 0 Å². The summed E-state index contributed by atoms with van der Waals surface area (Å²) in [5, 5.41) is 2.62. The SMILES string of the molecule is CNC(=O)c1cc(CC2CCC(Oc3cc(N4CC5CC(C4)O5)cc4nccnc34)CC2)ncn1. The first-order chi connectivity index (χ1) is 17.1. The second kappa shape index (κ2) is 9.37. The van der Waals surface area contributed by atoms with Crippen LogP contribution in [0.15, 0.2) is 36.9 Å². The molecule has 9 heteroatoms. The van der Waals surface area contributed by atoms with Crippen molar-refractivity contribution in [3.63, 3.8) is 0 Å². The molecule has 2 aromatic heterocycles. The largest absolute Gasteiger partial charge is 0.488 e. The molecule has 182 valence electrons. The maximum atomic E-state index is 11.9. The molecular formula is C26H30N6O3. The molecule has 1 amide bonds. The molecule has 5 heterocycles. The molecule has 2 atom stereocenters. The molecule has 1 aromatic carbocycles. The van der Waals surface area contributed by atoms with Gasteiger partial charge in [0, 0.05) is 56.4 Å². The number of rotatable bonds is 6. The number of carbonyl (C=O) groups excluding carboxylic acids is 1. The maximum absolute atomic E-state index is 11.9. The summed E-state index contributed by atoms with van der Waals surface area (Å²) in [4.78, 5) is 31.9. The van der Waals surface area contributed by atoms with Crippen molar-refractivity contribution in [2.24, 2.45) is 5.92 Å². The van der Waals surface area contributed by atoms with Gasteiger partial charge in [0.25, 0.3) is 5.91 Å². The fraction of sp³-hybridized carbons (Fsp3) is 0.500. The fourth-order valence-corrected chi connectivity index (χ4v) is 5.56. The predicted molar refractivity (Wildman–Crippen MR) is 131 cm³/mol. The van der Waals surface area contributed by atoms with Gasteiger partial charge in [-0.25, -0.2) is 15.0 Å². The summed E-state index contributed by atoms with van der Waals surface area (Å²) in [6.45, 7) is 1.83. The number of aromatic nitrogens is 4. The van der Waals surface area contributed by atoms with Crippen molar-refractivity contribution >= 4 is 22.6 Å². The third-order valence-electron chi connectivity index (χ3n) is 7.42. The highest BCUT2D eigenvalue weighted by Gasteiger charge is 2.38. The number of carbonyl (C=O) groups is 1. The summed E-state index contributed by atoms with van der Waals surface area (Å²) >= 11 is 0. The Balaban J connectivity index is 1.12. The van der Waals surface area contributed by atoms with Gasteiger partial charge < -0.3 is 19.7 Å². The number of ether oxygens (including phenoxy) is 2. The summed E-state index contributed by atoms with van der Waals surface area (Å²) in [7, 11) is 1.61. The first-order valence-electron chi connectivity index (χ1n) is 12.5. The predicted octanol–water partition coefficient (Wildman–Crippen LogP) is 2.94. The van der Waals surface area contributed by atoms with Crippen molar-refractivity contribution < 1.29 is 14.3 Å². The van der Waals surface area contributed by atoms with Gasteiger partial charge in [-0.1, -0.05) is 0 Å². The highest BCUT2D eigenvalue weighted by Crippen LogP contribution is 2.37. The Kier molecular flexibility index (Phi) is 5.93. The van der Waals surface area contributed by atoms with Crippen molar-refractivity contribution in [2.75, 3.05) is 25.0 Å². The number of nitrogens with one attached hydrogen (secondary N) is 1. The number of amides is 1. The number of fused-ring (bicyclic) bond motifs is 3. The lowest BCUT2D eigenvalue weighted by atomic mass is 9.84. The molecule has 7 rings (SSSR count). The third kappa shape index (κ3) is 4.65. The van der Waals surface area contributed by atoms with Crippen LogP contribution in [0.5, 0.6) is 5.75 Å². The van der Waals surface area contributed by atoms with Gasteiger partial charge in [0.05, 0.1) is 23.8 Å². The highest BCUT2D eigenvalue weighted by molar-refractivity contribution is 5.92. The van der Waals surface area contributed by atoms with E-state index in [9.17, 15) is 4.79 Å². The summed E-state index contributed by atoms with van der Waals surface area (Å²) in [6, 6.07) is 6.05.